The molecule has 0 radical (unpaired) electrons. The Morgan fingerprint density at radius 2 is 0.729 bits per heavy atom. The van der Waals surface area contributed by atoms with Crippen LogP contribution in [0.2, 0.25) is 0 Å². The van der Waals surface area contributed by atoms with Crippen LogP contribution in [0, 0.1) is 0 Å². The highest BCUT2D eigenvalue weighted by Crippen LogP contribution is 2.10. The molecule has 0 spiro atoms. The van der Waals surface area contributed by atoms with Crippen molar-refractivity contribution >= 4 is 56.5 Å². The zero-order valence-corrected chi connectivity index (χ0v) is 31.1. The Labute approximate surface area is 311 Å². The number of unbranched alkanes of at least 4 members (excludes halogenated alkanes) is 16. The van der Waals surface area contributed by atoms with Crippen LogP contribution in [0.5, 0.6) is 0 Å². The average Bonchev–Trinajstić information content (AvgIpc) is 3.01. The topological polar surface area (TPSA) is 88.5 Å². The molecular weight excluding hydrogens is 667 g/mol. The Balaban J connectivity index is -0.000000212. The Morgan fingerprint density at radius 3 is 1.02 bits per heavy atom. The van der Waals surface area contributed by atoms with Crippen molar-refractivity contribution in [3.8, 4) is 0 Å². The van der Waals surface area contributed by atoms with Gasteiger partial charge in [-0.25, -0.2) is 0 Å². The number of rotatable bonds is 29. The maximum atomic E-state index is 10.5. The molecule has 0 aromatic heterocycles. The molecule has 0 amide bonds. The second kappa shape index (κ2) is 49.7. The third kappa shape index (κ3) is 63.0. The SMILES string of the molecule is C.C.CCCCC/C=C\C/C=C/CCCCCCCC(=O)Cl.CCCCC/C=C\C/C=C/CCCCCCCC(=O)O.O=C(Cl)C(=O)Cl. The quantitative estimate of drug-likeness (QED) is 0.0357. The summed E-state index contributed by atoms with van der Waals surface area (Å²) in [5.74, 6) is -0.671. The number of allylic oxidation sites excluding steroid dienone is 8. The summed E-state index contributed by atoms with van der Waals surface area (Å²) in [6.07, 6.45) is 45.2. The molecule has 0 saturated heterocycles. The number of carboxylic acids is 1. The van der Waals surface area contributed by atoms with Crippen LogP contribution in [0.25, 0.3) is 0 Å². The first-order valence-electron chi connectivity index (χ1n) is 17.6. The third-order valence-corrected chi connectivity index (χ3v) is 7.45. The van der Waals surface area contributed by atoms with Gasteiger partial charge in [-0.15, -0.1) is 0 Å². The fourth-order valence-electron chi connectivity index (χ4n) is 4.16. The number of hydrogen-bond acceptors (Lipinski definition) is 4. The van der Waals surface area contributed by atoms with Gasteiger partial charge >= 0.3 is 16.5 Å². The van der Waals surface area contributed by atoms with Crippen LogP contribution in [0.15, 0.2) is 48.6 Å². The molecule has 8 heteroatoms. The van der Waals surface area contributed by atoms with Crippen LogP contribution in [-0.4, -0.2) is 26.8 Å². The molecule has 0 aromatic rings. The molecule has 282 valence electrons. The minimum absolute atomic E-state index is 0. The first-order chi connectivity index (χ1) is 22.2. The zero-order valence-electron chi connectivity index (χ0n) is 28.8. The van der Waals surface area contributed by atoms with Gasteiger partial charge in [-0.05, 0) is 112 Å². The van der Waals surface area contributed by atoms with Gasteiger partial charge in [-0.3, -0.25) is 19.2 Å². The summed E-state index contributed by atoms with van der Waals surface area (Å²) in [6, 6.07) is 0. The first-order valence-corrected chi connectivity index (χ1v) is 18.7. The van der Waals surface area contributed by atoms with Crippen LogP contribution in [0.3, 0.4) is 0 Å². The number of carboxylic acid groups (broad SMARTS) is 1. The van der Waals surface area contributed by atoms with Crippen molar-refractivity contribution in [2.45, 2.75) is 183 Å². The highest BCUT2D eigenvalue weighted by molar-refractivity contribution is 6.97. The molecule has 48 heavy (non-hydrogen) atoms. The maximum absolute atomic E-state index is 10.5. The highest BCUT2D eigenvalue weighted by Gasteiger charge is 2.02. The Hall–Kier alpha value is -1.69. The molecule has 0 aliphatic heterocycles. The predicted octanol–water partition coefficient (Wildman–Crippen LogP) is 14.2. The summed E-state index contributed by atoms with van der Waals surface area (Å²) < 4.78 is 0. The summed E-state index contributed by atoms with van der Waals surface area (Å²) in [5, 5.41) is 6.02. The van der Waals surface area contributed by atoms with Gasteiger partial charge in [0.25, 0.3) is 0 Å². The van der Waals surface area contributed by atoms with Gasteiger partial charge in [0, 0.05) is 12.8 Å². The first kappa shape index (κ1) is 55.7. The maximum Gasteiger partial charge on any atom is 0.304 e. The lowest BCUT2D eigenvalue weighted by molar-refractivity contribution is -0.137. The van der Waals surface area contributed by atoms with Crippen LogP contribution >= 0.6 is 34.8 Å². The number of halogens is 3. The smallest absolute Gasteiger partial charge is 0.304 e. The molecule has 0 unspecified atom stereocenters. The summed E-state index contributed by atoms with van der Waals surface area (Å²) in [6.45, 7) is 4.47. The van der Waals surface area contributed by atoms with Gasteiger partial charge in [-0.2, -0.15) is 0 Å². The molecule has 0 aliphatic rings. The molecule has 0 aromatic carbocycles. The van der Waals surface area contributed by atoms with Crippen molar-refractivity contribution in [1.82, 2.24) is 0 Å². The summed E-state index contributed by atoms with van der Waals surface area (Å²) in [7, 11) is 0. The Kier molecular flexibility index (Phi) is 57.7. The average molecular weight is 738 g/mol. The molecule has 0 saturated carbocycles. The third-order valence-electron chi connectivity index (χ3n) is 6.82. The summed E-state index contributed by atoms with van der Waals surface area (Å²) in [4.78, 5) is 39.7. The number of carbonyl (C=O) groups is 4. The predicted molar refractivity (Wildman–Crippen MR) is 212 cm³/mol. The van der Waals surface area contributed by atoms with E-state index in [0.29, 0.717) is 12.8 Å². The van der Waals surface area contributed by atoms with E-state index in [1.165, 1.54) is 96.3 Å². The lowest BCUT2D eigenvalue weighted by Crippen LogP contribution is -1.94. The van der Waals surface area contributed by atoms with Crippen molar-refractivity contribution in [1.29, 1.82) is 0 Å². The van der Waals surface area contributed by atoms with Crippen LogP contribution in [-0.2, 0) is 19.2 Å². The Bertz CT molecular complexity index is 767. The van der Waals surface area contributed by atoms with Crippen LogP contribution in [0.4, 0.5) is 0 Å². The van der Waals surface area contributed by atoms with E-state index in [-0.39, 0.29) is 20.1 Å². The second-order valence-corrected chi connectivity index (χ2v) is 12.4. The van der Waals surface area contributed by atoms with E-state index in [1.54, 1.807) is 0 Å². The second-order valence-electron chi connectivity index (χ2n) is 11.3. The van der Waals surface area contributed by atoms with E-state index in [9.17, 15) is 19.2 Å². The van der Waals surface area contributed by atoms with Gasteiger partial charge in [-0.1, -0.05) is 142 Å². The van der Waals surface area contributed by atoms with Crippen molar-refractivity contribution in [3.05, 3.63) is 48.6 Å². The van der Waals surface area contributed by atoms with E-state index in [0.717, 1.165) is 44.9 Å². The van der Waals surface area contributed by atoms with Crippen LogP contribution < -0.4 is 0 Å². The van der Waals surface area contributed by atoms with Crippen LogP contribution in [0.1, 0.15) is 183 Å². The molecule has 0 atom stereocenters. The van der Waals surface area contributed by atoms with E-state index in [1.807, 2.05) is 0 Å². The lowest BCUT2D eigenvalue weighted by atomic mass is 10.1. The minimum Gasteiger partial charge on any atom is -0.481 e. The van der Waals surface area contributed by atoms with E-state index in [2.05, 4.69) is 85.7 Å². The van der Waals surface area contributed by atoms with Gasteiger partial charge in [0.1, 0.15) is 0 Å². The molecule has 1 N–H and O–H groups in total. The largest absolute Gasteiger partial charge is 0.481 e. The molecule has 0 aliphatic carbocycles. The molecule has 5 nitrogen and oxygen atoms in total. The molecule has 0 heterocycles. The van der Waals surface area contributed by atoms with Gasteiger partial charge < -0.3 is 5.11 Å². The molecule has 0 bridgehead atoms. The molecular formula is C40H71Cl3O5. The summed E-state index contributed by atoms with van der Waals surface area (Å²) in [5.41, 5.74) is 0. The molecule has 0 fully saturated rings. The number of aliphatic carboxylic acids is 1. The van der Waals surface area contributed by atoms with Crippen molar-refractivity contribution < 1.29 is 24.3 Å². The fourth-order valence-corrected chi connectivity index (χ4v) is 4.30. The van der Waals surface area contributed by atoms with Gasteiger partial charge in [0.2, 0.25) is 5.24 Å². The fraction of sp³-hybridized carbons (Fsp3) is 0.700. The zero-order chi connectivity index (χ0) is 34.9. The minimum atomic E-state index is -1.14. The van der Waals surface area contributed by atoms with Gasteiger partial charge in [0.15, 0.2) is 0 Å². The Morgan fingerprint density at radius 1 is 0.438 bits per heavy atom. The monoisotopic (exact) mass is 736 g/mol. The van der Waals surface area contributed by atoms with Gasteiger partial charge in [0.05, 0.1) is 0 Å². The summed E-state index contributed by atoms with van der Waals surface area (Å²) >= 11 is 14.3. The van der Waals surface area contributed by atoms with E-state index < -0.39 is 16.5 Å². The lowest BCUT2D eigenvalue weighted by Gasteiger charge is -1.98. The highest BCUT2D eigenvalue weighted by atomic mass is 35.5. The van der Waals surface area contributed by atoms with E-state index >= 15 is 0 Å². The van der Waals surface area contributed by atoms with E-state index in [4.69, 9.17) is 16.7 Å². The van der Waals surface area contributed by atoms with Crippen molar-refractivity contribution in [3.63, 3.8) is 0 Å². The van der Waals surface area contributed by atoms with Crippen molar-refractivity contribution in [2.24, 2.45) is 0 Å². The van der Waals surface area contributed by atoms with Crippen molar-refractivity contribution in [2.75, 3.05) is 0 Å². The number of carbonyl (C=O) groups excluding carboxylic acids is 3. The normalized spacial score (nSPS) is 10.7. The molecule has 0 rings (SSSR count). The number of hydrogen-bond donors (Lipinski definition) is 1. The standard InChI is InChI=1S/C18H31ClO.C18H32O2.C2Cl2O2.2CH4/c2*1-2-3-4-5-6-7-8-9-10-11-12-13-14-15-16-17-18(19)20;3-1(5)2(4)6;;/h6-7,9-10H,2-5,8,11-17H2,1H3;6-7,9-10H,2-5,8,11-17H2,1H3,(H,19,20);;2*1H4/b2*7-6-,10-9+;;;.